The Bertz CT molecular complexity index is 891. The molecule has 3 rings (SSSR count). The van der Waals surface area contributed by atoms with Crippen molar-refractivity contribution >= 4 is 28.5 Å². The molecule has 0 fully saturated rings. The maximum absolute atomic E-state index is 13.3. The molecule has 1 unspecified atom stereocenters. The van der Waals surface area contributed by atoms with Crippen LogP contribution < -0.4 is 0 Å². The summed E-state index contributed by atoms with van der Waals surface area (Å²) in [7, 11) is 1.26. The van der Waals surface area contributed by atoms with Crippen molar-refractivity contribution in [3.63, 3.8) is 0 Å². The number of carbonyl (C=O) groups excluding carboxylic acids is 1. The average Bonchev–Trinajstić information content (AvgIpc) is 2.92. The number of nitrogens with zero attached hydrogens (tertiary/aromatic N) is 1. The minimum Gasteiger partial charge on any atom is -0.467 e. The molecule has 0 radical (unpaired) electrons. The van der Waals surface area contributed by atoms with Crippen LogP contribution in [0.4, 0.5) is 8.78 Å². The summed E-state index contributed by atoms with van der Waals surface area (Å²) in [4.78, 5) is 12.3. The van der Waals surface area contributed by atoms with Crippen LogP contribution in [-0.4, -0.2) is 17.6 Å². The number of fused-ring (bicyclic) bond motifs is 1. The number of rotatable bonds is 3. The first kappa shape index (κ1) is 15.5. The maximum atomic E-state index is 13.3. The summed E-state index contributed by atoms with van der Waals surface area (Å²) >= 11 is 6.10. The van der Waals surface area contributed by atoms with Crippen LogP contribution in [0.25, 0.3) is 10.9 Å². The van der Waals surface area contributed by atoms with Gasteiger partial charge in [0.2, 0.25) is 0 Å². The van der Waals surface area contributed by atoms with Gasteiger partial charge >= 0.3 is 5.97 Å². The third-order valence-corrected chi connectivity index (χ3v) is 3.97. The molecule has 23 heavy (non-hydrogen) atoms. The zero-order chi connectivity index (χ0) is 16.6. The van der Waals surface area contributed by atoms with Crippen molar-refractivity contribution in [1.82, 2.24) is 4.57 Å². The van der Waals surface area contributed by atoms with Crippen LogP contribution in [0.3, 0.4) is 0 Å². The Morgan fingerprint density at radius 3 is 2.52 bits per heavy atom. The third-order valence-electron chi connectivity index (χ3n) is 3.64. The Morgan fingerprint density at radius 2 is 1.83 bits per heavy atom. The summed E-state index contributed by atoms with van der Waals surface area (Å²) in [5, 5.41) is 0.751. The van der Waals surface area contributed by atoms with Crippen LogP contribution in [0.2, 0.25) is 5.02 Å². The summed E-state index contributed by atoms with van der Waals surface area (Å²) in [6, 6.07) is 8.83. The molecular weight excluding hydrogens is 324 g/mol. The summed E-state index contributed by atoms with van der Waals surface area (Å²) < 4.78 is 33.1. The van der Waals surface area contributed by atoms with Gasteiger partial charge in [0.1, 0.15) is 11.6 Å². The lowest BCUT2D eigenvalue weighted by Crippen LogP contribution is -2.22. The molecule has 0 aliphatic carbocycles. The van der Waals surface area contributed by atoms with Gasteiger partial charge in [-0.05, 0) is 36.4 Å². The number of methoxy groups -OCH3 is 1. The van der Waals surface area contributed by atoms with Crippen LogP contribution in [0.1, 0.15) is 11.6 Å². The van der Waals surface area contributed by atoms with Crippen LogP contribution in [-0.2, 0) is 9.53 Å². The molecule has 0 N–H and O–H groups in total. The monoisotopic (exact) mass is 335 g/mol. The maximum Gasteiger partial charge on any atom is 0.333 e. The van der Waals surface area contributed by atoms with Gasteiger partial charge in [-0.25, -0.2) is 13.6 Å². The topological polar surface area (TPSA) is 31.2 Å². The summed E-state index contributed by atoms with van der Waals surface area (Å²) in [5.41, 5.74) is 1.05. The van der Waals surface area contributed by atoms with Gasteiger partial charge in [0.05, 0.1) is 7.11 Å². The molecule has 2 aromatic carbocycles. The molecule has 3 nitrogen and oxygen atoms in total. The molecule has 0 aliphatic heterocycles. The van der Waals surface area contributed by atoms with Gasteiger partial charge in [0, 0.05) is 27.7 Å². The normalized spacial score (nSPS) is 12.3. The predicted octanol–water partition coefficient (Wildman–Crippen LogP) is 4.34. The van der Waals surface area contributed by atoms with Gasteiger partial charge in [0.25, 0.3) is 0 Å². The molecule has 1 atom stereocenters. The molecule has 0 amide bonds. The molecule has 0 aliphatic rings. The number of benzene rings is 2. The quantitative estimate of drug-likeness (QED) is 0.667. The number of hydrogen-bond acceptors (Lipinski definition) is 2. The van der Waals surface area contributed by atoms with Gasteiger partial charge in [-0.2, -0.15) is 0 Å². The Kier molecular flexibility index (Phi) is 4.05. The fourth-order valence-corrected chi connectivity index (χ4v) is 2.86. The summed E-state index contributed by atoms with van der Waals surface area (Å²) in [6.07, 6.45) is 1.64. The van der Waals surface area contributed by atoms with Crippen LogP contribution in [0.15, 0.2) is 48.7 Å². The Labute approximate surface area is 136 Å². The molecule has 1 heterocycles. The molecule has 1 aromatic heterocycles. The van der Waals surface area contributed by atoms with Crippen molar-refractivity contribution < 1.29 is 18.3 Å². The van der Waals surface area contributed by atoms with Gasteiger partial charge in [-0.3, -0.25) is 0 Å². The highest BCUT2D eigenvalue weighted by Gasteiger charge is 2.27. The Hall–Kier alpha value is -2.40. The van der Waals surface area contributed by atoms with Crippen LogP contribution >= 0.6 is 11.6 Å². The van der Waals surface area contributed by atoms with Gasteiger partial charge in [0.15, 0.2) is 6.04 Å². The number of esters is 1. The van der Waals surface area contributed by atoms with E-state index in [2.05, 4.69) is 0 Å². The molecule has 0 saturated carbocycles. The van der Waals surface area contributed by atoms with Crippen molar-refractivity contribution in [2.24, 2.45) is 0 Å². The number of carbonyl (C=O) groups is 1. The minimum absolute atomic E-state index is 0.115. The lowest BCUT2D eigenvalue weighted by Gasteiger charge is -2.19. The fourth-order valence-electron chi connectivity index (χ4n) is 2.59. The second kappa shape index (κ2) is 6.01. The number of aromatic nitrogens is 1. The van der Waals surface area contributed by atoms with Crippen LogP contribution in [0, 0.1) is 11.6 Å². The molecule has 3 aromatic rings. The highest BCUT2D eigenvalue weighted by Crippen LogP contribution is 2.31. The summed E-state index contributed by atoms with van der Waals surface area (Å²) in [6.45, 7) is 0. The van der Waals surface area contributed by atoms with E-state index in [0.29, 0.717) is 16.5 Å². The van der Waals surface area contributed by atoms with Crippen molar-refractivity contribution in [2.75, 3.05) is 7.11 Å². The van der Waals surface area contributed by atoms with Gasteiger partial charge in [-0.15, -0.1) is 0 Å². The zero-order valence-corrected chi connectivity index (χ0v) is 12.8. The number of hydrogen-bond donors (Lipinski definition) is 0. The van der Waals surface area contributed by atoms with E-state index in [1.165, 1.54) is 31.4 Å². The van der Waals surface area contributed by atoms with Crippen molar-refractivity contribution in [1.29, 1.82) is 0 Å². The molecular formula is C17H12ClF2NO2. The first-order valence-electron chi connectivity index (χ1n) is 6.80. The molecule has 0 saturated heterocycles. The predicted molar refractivity (Wildman–Crippen MR) is 83.5 cm³/mol. The number of ether oxygens (including phenoxy) is 1. The smallest absolute Gasteiger partial charge is 0.333 e. The summed E-state index contributed by atoms with van der Waals surface area (Å²) in [5.74, 6) is -1.42. The Morgan fingerprint density at radius 1 is 1.13 bits per heavy atom. The lowest BCUT2D eigenvalue weighted by atomic mass is 10.1. The Balaban J connectivity index is 2.21. The highest BCUT2D eigenvalue weighted by molar-refractivity contribution is 6.31. The standard InChI is InChI=1S/C17H12ClF2NO2/c1-23-17(22)16(13-4-2-12(20)9-14(13)18)21-7-6-10-8-11(19)3-5-15(10)21/h2-9,16H,1H3. The number of halogens is 3. The van der Waals surface area contributed by atoms with E-state index in [1.807, 2.05) is 0 Å². The van der Waals surface area contributed by atoms with E-state index in [9.17, 15) is 13.6 Å². The van der Waals surface area contributed by atoms with E-state index in [0.717, 1.165) is 6.07 Å². The first-order valence-corrected chi connectivity index (χ1v) is 7.18. The van der Waals surface area contributed by atoms with Gasteiger partial charge < -0.3 is 9.30 Å². The average molecular weight is 336 g/mol. The zero-order valence-electron chi connectivity index (χ0n) is 12.1. The fraction of sp³-hybridized carbons (Fsp3) is 0.118. The second-order valence-electron chi connectivity index (χ2n) is 5.02. The largest absolute Gasteiger partial charge is 0.467 e. The van der Waals surface area contributed by atoms with Crippen molar-refractivity contribution in [2.45, 2.75) is 6.04 Å². The van der Waals surface area contributed by atoms with Gasteiger partial charge in [-0.1, -0.05) is 17.7 Å². The molecule has 6 heteroatoms. The molecule has 118 valence electrons. The SMILES string of the molecule is COC(=O)C(c1ccc(F)cc1Cl)n1ccc2cc(F)ccc21. The lowest BCUT2D eigenvalue weighted by molar-refractivity contribution is -0.143. The van der Waals surface area contributed by atoms with Crippen molar-refractivity contribution in [3.8, 4) is 0 Å². The third kappa shape index (κ3) is 2.80. The molecule has 0 bridgehead atoms. The first-order chi connectivity index (χ1) is 11.0. The minimum atomic E-state index is -0.893. The van der Waals surface area contributed by atoms with E-state index in [4.69, 9.17) is 16.3 Å². The van der Waals surface area contributed by atoms with Crippen molar-refractivity contribution in [3.05, 3.63) is 70.9 Å². The van der Waals surface area contributed by atoms with Crippen LogP contribution in [0.5, 0.6) is 0 Å². The van der Waals surface area contributed by atoms with E-state index < -0.39 is 17.8 Å². The van der Waals surface area contributed by atoms with E-state index >= 15 is 0 Å². The second-order valence-corrected chi connectivity index (χ2v) is 5.42. The molecule has 0 spiro atoms. The van der Waals surface area contributed by atoms with E-state index in [1.54, 1.807) is 22.9 Å². The van der Waals surface area contributed by atoms with E-state index in [-0.39, 0.29) is 10.8 Å². The highest BCUT2D eigenvalue weighted by atomic mass is 35.5.